The second-order valence-corrected chi connectivity index (χ2v) is 3.06. The Hall–Kier alpha value is -1.06. The maximum absolute atomic E-state index is 8.96. The summed E-state index contributed by atoms with van der Waals surface area (Å²) in [5.41, 5.74) is 0.929. The molecule has 0 amide bonds. The van der Waals surface area contributed by atoms with E-state index in [9.17, 15) is 0 Å². The lowest BCUT2D eigenvalue weighted by molar-refractivity contribution is 0.192. The van der Waals surface area contributed by atoms with E-state index >= 15 is 0 Å². The number of hydrogen-bond donors (Lipinski definition) is 2. The molecule has 1 aromatic rings. The lowest BCUT2D eigenvalue weighted by atomic mass is 10.0. The molecular weight excluding hydrogens is 180 g/mol. The van der Waals surface area contributed by atoms with Crippen molar-refractivity contribution in [3.8, 4) is 5.75 Å². The van der Waals surface area contributed by atoms with Crippen LogP contribution < -0.4 is 4.74 Å². The van der Waals surface area contributed by atoms with Gasteiger partial charge < -0.3 is 14.9 Å². The summed E-state index contributed by atoms with van der Waals surface area (Å²) < 4.78 is 5.28. The molecule has 0 fully saturated rings. The standard InChI is InChI=1S/C11H16O3/c1-2-14-11-5-3-9(4-6-11)10(7-12)8-13/h3-6,10,12-13H,2,7-8H2,1H3. The highest BCUT2D eigenvalue weighted by Gasteiger charge is 2.08. The van der Waals surface area contributed by atoms with Crippen LogP contribution in [0.15, 0.2) is 24.3 Å². The average Bonchev–Trinajstić information content (AvgIpc) is 2.23. The van der Waals surface area contributed by atoms with Crippen molar-refractivity contribution in [3.63, 3.8) is 0 Å². The Morgan fingerprint density at radius 3 is 2.14 bits per heavy atom. The summed E-state index contributed by atoms with van der Waals surface area (Å²) in [7, 11) is 0. The fourth-order valence-corrected chi connectivity index (χ4v) is 1.27. The van der Waals surface area contributed by atoms with Gasteiger partial charge in [0.05, 0.1) is 19.8 Å². The van der Waals surface area contributed by atoms with Crippen LogP contribution in [0, 0.1) is 0 Å². The first kappa shape index (κ1) is 11.0. The van der Waals surface area contributed by atoms with Crippen LogP contribution in [0.4, 0.5) is 0 Å². The van der Waals surface area contributed by atoms with Gasteiger partial charge in [-0.05, 0) is 24.6 Å². The van der Waals surface area contributed by atoms with Crippen LogP contribution in [0.1, 0.15) is 18.4 Å². The number of ether oxygens (including phenoxy) is 1. The molecule has 0 saturated carbocycles. The Morgan fingerprint density at radius 2 is 1.71 bits per heavy atom. The second kappa shape index (κ2) is 5.62. The van der Waals surface area contributed by atoms with Crippen LogP contribution in [-0.4, -0.2) is 30.0 Å². The largest absolute Gasteiger partial charge is 0.494 e. The molecule has 0 saturated heterocycles. The van der Waals surface area contributed by atoms with Gasteiger partial charge in [0.2, 0.25) is 0 Å². The van der Waals surface area contributed by atoms with Gasteiger partial charge in [0.1, 0.15) is 5.75 Å². The molecule has 0 aliphatic heterocycles. The van der Waals surface area contributed by atoms with Crippen molar-refractivity contribution in [2.75, 3.05) is 19.8 Å². The molecule has 0 unspecified atom stereocenters. The molecule has 14 heavy (non-hydrogen) atoms. The molecule has 3 nitrogen and oxygen atoms in total. The minimum absolute atomic E-state index is 0.0372. The van der Waals surface area contributed by atoms with E-state index in [1.165, 1.54) is 0 Å². The molecule has 0 spiro atoms. The Kier molecular flexibility index (Phi) is 4.43. The molecule has 78 valence electrons. The summed E-state index contributed by atoms with van der Waals surface area (Å²) >= 11 is 0. The van der Waals surface area contributed by atoms with Crippen LogP contribution in [-0.2, 0) is 0 Å². The minimum Gasteiger partial charge on any atom is -0.494 e. The molecule has 0 aliphatic rings. The lowest BCUT2D eigenvalue weighted by Gasteiger charge is -2.11. The maximum Gasteiger partial charge on any atom is 0.119 e. The normalized spacial score (nSPS) is 10.6. The summed E-state index contributed by atoms with van der Waals surface area (Å²) in [6, 6.07) is 7.42. The van der Waals surface area contributed by atoms with Crippen molar-refractivity contribution in [2.45, 2.75) is 12.8 Å². The van der Waals surface area contributed by atoms with Crippen molar-refractivity contribution in [3.05, 3.63) is 29.8 Å². The summed E-state index contributed by atoms with van der Waals surface area (Å²) in [6.45, 7) is 2.50. The van der Waals surface area contributed by atoms with E-state index < -0.39 is 0 Å². The Balaban J connectivity index is 2.71. The van der Waals surface area contributed by atoms with Gasteiger partial charge in [-0.25, -0.2) is 0 Å². The molecule has 0 heterocycles. The van der Waals surface area contributed by atoms with E-state index in [0.29, 0.717) is 6.61 Å². The van der Waals surface area contributed by atoms with Crippen molar-refractivity contribution < 1.29 is 14.9 Å². The molecule has 1 aromatic carbocycles. The predicted molar refractivity (Wildman–Crippen MR) is 54.5 cm³/mol. The zero-order valence-corrected chi connectivity index (χ0v) is 8.31. The summed E-state index contributed by atoms with van der Waals surface area (Å²) in [5, 5.41) is 17.9. The van der Waals surface area contributed by atoms with Gasteiger partial charge in [0.15, 0.2) is 0 Å². The van der Waals surface area contributed by atoms with Gasteiger partial charge in [-0.1, -0.05) is 12.1 Å². The fraction of sp³-hybridized carbons (Fsp3) is 0.455. The first-order valence-electron chi connectivity index (χ1n) is 4.76. The first-order valence-corrected chi connectivity index (χ1v) is 4.76. The highest BCUT2D eigenvalue weighted by atomic mass is 16.5. The predicted octanol–water partition coefficient (Wildman–Crippen LogP) is 1.15. The number of aliphatic hydroxyl groups is 2. The molecule has 0 radical (unpaired) electrons. The molecule has 3 heteroatoms. The van der Waals surface area contributed by atoms with E-state index in [-0.39, 0.29) is 19.1 Å². The number of rotatable bonds is 5. The van der Waals surface area contributed by atoms with Crippen molar-refractivity contribution in [1.82, 2.24) is 0 Å². The van der Waals surface area contributed by atoms with Gasteiger partial charge in [0.25, 0.3) is 0 Å². The van der Waals surface area contributed by atoms with Crippen molar-refractivity contribution in [2.24, 2.45) is 0 Å². The highest BCUT2D eigenvalue weighted by Crippen LogP contribution is 2.18. The molecule has 1 rings (SSSR count). The van der Waals surface area contributed by atoms with Crippen LogP contribution in [0.25, 0.3) is 0 Å². The third-order valence-corrected chi connectivity index (χ3v) is 2.10. The molecular formula is C11H16O3. The first-order chi connectivity index (χ1) is 6.81. The summed E-state index contributed by atoms with van der Waals surface area (Å²) in [6.07, 6.45) is 0. The van der Waals surface area contributed by atoms with Crippen LogP contribution >= 0.6 is 0 Å². The van der Waals surface area contributed by atoms with E-state index in [1.807, 2.05) is 31.2 Å². The summed E-state index contributed by atoms with van der Waals surface area (Å²) in [5.74, 6) is 0.622. The Bertz CT molecular complexity index is 252. The van der Waals surface area contributed by atoms with Crippen LogP contribution in [0.3, 0.4) is 0 Å². The molecule has 0 bridgehead atoms. The van der Waals surface area contributed by atoms with E-state index in [2.05, 4.69) is 0 Å². The second-order valence-electron chi connectivity index (χ2n) is 3.06. The smallest absolute Gasteiger partial charge is 0.119 e. The van der Waals surface area contributed by atoms with E-state index in [1.54, 1.807) is 0 Å². The van der Waals surface area contributed by atoms with Crippen LogP contribution in [0.5, 0.6) is 5.75 Å². The van der Waals surface area contributed by atoms with Gasteiger partial charge in [0, 0.05) is 5.92 Å². The number of benzene rings is 1. The third kappa shape index (κ3) is 2.72. The number of aliphatic hydroxyl groups excluding tert-OH is 2. The number of hydrogen-bond acceptors (Lipinski definition) is 3. The molecule has 0 atom stereocenters. The highest BCUT2D eigenvalue weighted by molar-refractivity contribution is 5.29. The fourth-order valence-electron chi connectivity index (χ4n) is 1.27. The van der Waals surface area contributed by atoms with Gasteiger partial charge in [-0.2, -0.15) is 0 Å². The van der Waals surface area contributed by atoms with E-state index in [0.717, 1.165) is 11.3 Å². The van der Waals surface area contributed by atoms with E-state index in [4.69, 9.17) is 14.9 Å². The maximum atomic E-state index is 8.96. The average molecular weight is 196 g/mol. The topological polar surface area (TPSA) is 49.7 Å². The monoisotopic (exact) mass is 196 g/mol. The Morgan fingerprint density at radius 1 is 1.14 bits per heavy atom. The zero-order valence-electron chi connectivity index (χ0n) is 8.31. The van der Waals surface area contributed by atoms with Crippen LogP contribution in [0.2, 0.25) is 0 Å². The SMILES string of the molecule is CCOc1ccc(C(CO)CO)cc1. The van der Waals surface area contributed by atoms with Gasteiger partial charge >= 0.3 is 0 Å². The minimum atomic E-state index is -0.189. The summed E-state index contributed by atoms with van der Waals surface area (Å²) in [4.78, 5) is 0. The molecule has 0 aromatic heterocycles. The molecule has 2 N–H and O–H groups in total. The van der Waals surface area contributed by atoms with Gasteiger partial charge in [-0.15, -0.1) is 0 Å². The zero-order chi connectivity index (χ0) is 10.4. The quantitative estimate of drug-likeness (QED) is 0.742. The molecule has 0 aliphatic carbocycles. The Labute approximate surface area is 84.0 Å². The van der Waals surface area contributed by atoms with Crippen molar-refractivity contribution in [1.29, 1.82) is 0 Å². The lowest BCUT2D eigenvalue weighted by Crippen LogP contribution is -2.08. The van der Waals surface area contributed by atoms with Crippen molar-refractivity contribution >= 4 is 0 Å². The third-order valence-electron chi connectivity index (χ3n) is 2.10. The van der Waals surface area contributed by atoms with Gasteiger partial charge in [-0.3, -0.25) is 0 Å².